The van der Waals surface area contributed by atoms with E-state index in [0.717, 1.165) is 70.6 Å². The van der Waals surface area contributed by atoms with Crippen molar-refractivity contribution in [1.82, 2.24) is 5.32 Å². The molecule has 0 aromatic carbocycles. The van der Waals surface area contributed by atoms with Gasteiger partial charge in [0.2, 0.25) is 5.91 Å². The minimum absolute atomic E-state index is 0.0757. The predicted molar refractivity (Wildman–Crippen MR) is 226 cm³/mol. The van der Waals surface area contributed by atoms with Gasteiger partial charge in [-0.1, -0.05) is 192 Å². The first-order chi connectivity index (χ1) is 25.9. The maximum atomic E-state index is 12.7. The largest absolute Gasteiger partial charge is 0.472 e. The number of phosphoric ester groups is 1. The number of rotatable bonds is 41. The van der Waals surface area contributed by atoms with Gasteiger partial charge in [-0.15, -0.1) is 0 Å². The van der Waals surface area contributed by atoms with Gasteiger partial charge in [-0.05, 0) is 44.9 Å². The van der Waals surface area contributed by atoms with Gasteiger partial charge in [0.1, 0.15) is 0 Å². The molecular formula is C44H85N2O6P. The van der Waals surface area contributed by atoms with E-state index in [2.05, 4.69) is 43.5 Å². The van der Waals surface area contributed by atoms with E-state index < -0.39 is 20.0 Å². The summed E-state index contributed by atoms with van der Waals surface area (Å²) in [6.07, 6.45) is 47.7. The minimum atomic E-state index is -4.34. The number of carbonyl (C=O) groups is 1. The van der Waals surface area contributed by atoms with Crippen LogP contribution in [0.1, 0.15) is 206 Å². The lowest BCUT2D eigenvalue weighted by molar-refractivity contribution is -0.123. The maximum absolute atomic E-state index is 12.7. The molecule has 0 aromatic heterocycles. The Kier molecular flexibility index (Phi) is 39.4. The van der Waals surface area contributed by atoms with Gasteiger partial charge in [-0.3, -0.25) is 13.8 Å². The molecule has 53 heavy (non-hydrogen) atoms. The van der Waals surface area contributed by atoms with Crippen LogP contribution in [0.25, 0.3) is 0 Å². The summed E-state index contributed by atoms with van der Waals surface area (Å²) in [4.78, 5) is 22.7. The van der Waals surface area contributed by atoms with Gasteiger partial charge in [0.25, 0.3) is 0 Å². The summed E-state index contributed by atoms with van der Waals surface area (Å²) >= 11 is 0. The van der Waals surface area contributed by atoms with E-state index in [4.69, 9.17) is 14.8 Å². The lowest BCUT2D eigenvalue weighted by Crippen LogP contribution is -2.45. The van der Waals surface area contributed by atoms with Crippen LogP contribution >= 0.6 is 7.82 Å². The number of carbonyl (C=O) groups excluding carboxylic acids is 1. The fourth-order valence-corrected chi connectivity index (χ4v) is 7.11. The summed E-state index contributed by atoms with van der Waals surface area (Å²) in [5, 5.41) is 13.7. The average Bonchev–Trinajstić information content (AvgIpc) is 3.14. The predicted octanol–water partition coefficient (Wildman–Crippen LogP) is 12.3. The third-order valence-corrected chi connectivity index (χ3v) is 10.7. The van der Waals surface area contributed by atoms with Gasteiger partial charge >= 0.3 is 7.82 Å². The first kappa shape index (κ1) is 51.7. The zero-order chi connectivity index (χ0) is 38.9. The molecule has 3 unspecified atom stereocenters. The van der Waals surface area contributed by atoms with Crippen LogP contribution in [0.4, 0.5) is 0 Å². The van der Waals surface area contributed by atoms with Gasteiger partial charge in [-0.2, -0.15) is 0 Å². The number of phosphoric acid groups is 1. The van der Waals surface area contributed by atoms with Crippen molar-refractivity contribution in [2.24, 2.45) is 5.73 Å². The molecule has 0 radical (unpaired) electrons. The zero-order valence-corrected chi connectivity index (χ0v) is 35.4. The minimum Gasteiger partial charge on any atom is -0.387 e. The molecule has 3 atom stereocenters. The highest BCUT2D eigenvalue weighted by Gasteiger charge is 2.26. The highest BCUT2D eigenvalue weighted by atomic mass is 31.2. The Morgan fingerprint density at radius 2 is 1.08 bits per heavy atom. The fraction of sp³-hybridized carbons (Fsp3) is 0.841. The molecule has 0 bridgehead atoms. The number of hydrogen-bond acceptors (Lipinski definition) is 6. The van der Waals surface area contributed by atoms with Gasteiger partial charge < -0.3 is 21.1 Å². The van der Waals surface area contributed by atoms with E-state index in [9.17, 15) is 19.4 Å². The Labute approximate surface area is 327 Å². The van der Waals surface area contributed by atoms with Crippen molar-refractivity contribution < 1.29 is 28.4 Å². The summed E-state index contributed by atoms with van der Waals surface area (Å²) < 4.78 is 22.1. The van der Waals surface area contributed by atoms with E-state index >= 15 is 0 Å². The topological polar surface area (TPSA) is 131 Å². The summed E-state index contributed by atoms with van der Waals surface area (Å²) in [6, 6.07) is -0.866. The molecule has 0 heterocycles. The molecule has 0 aliphatic carbocycles. The van der Waals surface area contributed by atoms with E-state index in [0.29, 0.717) is 6.42 Å². The van der Waals surface area contributed by atoms with Crippen molar-refractivity contribution in [3.8, 4) is 0 Å². The summed E-state index contributed by atoms with van der Waals surface area (Å²) in [5.41, 5.74) is 5.37. The summed E-state index contributed by atoms with van der Waals surface area (Å²) in [5.74, 6) is -0.209. The lowest BCUT2D eigenvalue weighted by Gasteiger charge is -2.23. The SMILES string of the molecule is CCC/C=C\C/C=C\CCCCCCCC(=O)NC(COP(=O)(O)OCCN)C(O)/C=C/CCCCCCCCCCCCCCCCCCCCC. The normalized spacial score (nSPS) is 14.4. The number of amides is 1. The van der Waals surface area contributed by atoms with Gasteiger partial charge in [0, 0.05) is 13.0 Å². The highest BCUT2D eigenvalue weighted by Crippen LogP contribution is 2.43. The summed E-state index contributed by atoms with van der Waals surface area (Å²) in [7, 11) is -4.34. The first-order valence-corrected chi connectivity index (χ1v) is 23.6. The van der Waals surface area contributed by atoms with Crippen molar-refractivity contribution in [3.05, 3.63) is 36.5 Å². The van der Waals surface area contributed by atoms with Crippen molar-refractivity contribution in [2.75, 3.05) is 19.8 Å². The van der Waals surface area contributed by atoms with E-state index in [1.807, 2.05) is 6.08 Å². The third-order valence-electron chi connectivity index (χ3n) is 9.69. The Morgan fingerprint density at radius 3 is 1.57 bits per heavy atom. The molecule has 0 saturated carbocycles. The fourth-order valence-electron chi connectivity index (χ4n) is 6.35. The van der Waals surface area contributed by atoms with Gasteiger partial charge in [0.15, 0.2) is 0 Å². The maximum Gasteiger partial charge on any atom is 0.472 e. The zero-order valence-electron chi connectivity index (χ0n) is 34.5. The lowest BCUT2D eigenvalue weighted by atomic mass is 10.0. The molecular weight excluding hydrogens is 683 g/mol. The second-order valence-electron chi connectivity index (χ2n) is 14.9. The third kappa shape index (κ3) is 38.8. The van der Waals surface area contributed by atoms with Crippen LogP contribution in [0.2, 0.25) is 0 Å². The number of unbranched alkanes of at least 4 members (excludes halogenated alkanes) is 25. The number of nitrogens with two attached hydrogens (primary N) is 1. The van der Waals surface area contributed by atoms with Crippen LogP contribution in [-0.2, 0) is 18.4 Å². The molecule has 0 aromatic rings. The Balaban J connectivity index is 4.17. The van der Waals surface area contributed by atoms with Crippen molar-refractivity contribution in [1.29, 1.82) is 0 Å². The Hall–Kier alpha value is -1.28. The monoisotopic (exact) mass is 769 g/mol. The molecule has 9 heteroatoms. The van der Waals surface area contributed by atoms with Gasteiger partial charge in [-0.25, -0.2) is 4.57 Å². The Bertz CT molecular complexity index is 928. The number of aliphatic hydroxyl groups excluding tert-OH is 1. The molecule has 0 aliphatic heterocycles. The molecule has 0 fully saturated rings. The molecule has 0 aliphatic rings. The van der Waals surface area contributed by atoms with Crippen LogP contribution in [0.5, 0.6) is 0 Å². The van der Waals surface area contributed by atoms with Crippen LogP contribution in [-0.4, -0.2) is 47.8 Å². The van der Waals surface area contributed by atoms with Crippen LogP contribution in [0.3, 0.4) is 0 Å². The molecule has 5 N–H and O–H groups in total. The van der Waals surface area contributed by atoms with Gasteiger partial charge in [0.05, 0.1) is 25.4 Å². The molecule has 312 valence electrons. The first-order valence-electron chi connectivity index (χ1n) is 22.1. The standard InChI is InChI=1S/C44H85N2O6P/c1-3-5-7-9-11-13-15-17-18-19-20-21-22-23-24-26-27-29-31-33-35-37-43(47)42(41-52-53(49,50)51-40-39-45)46-44(48)38-36-34-32-30-28-25-16-14-12-10-8-6-4-2/h8,10,14,16,35,37,42-43,47H,3-7,9,11-13,15,17-34,36,38-41,45H2,1-2H3,(H,46,48)(H,49,50)/b10-8-,16-14-,37-35+. The van der Waals surface area contributed by atoms with E-state index in [1.165, 1.54) is 116 Å². The van der Waals surface area contributed by atoms with E-state index in [1.54, 1.807) is 6.08 Å². The highest BCUT2D eigenvalue weighted by molar-refractivity contribution is 7.47. The number of nitrogens with one attached hydrogen (secondary N) is 1. The Morgan fingerprint density at radius 1 is 0.623 bits per heavy atom. The van der Waals surface area contributed by atoms with Crippen molar-refractivity contribution in [3.63, 3.8) is 0 Å². The molecule has 1 amide bonds. The van der Waals surface area contributed by atoms with Crippen LogP contribution < -0.4 is 11.1 Å². The number of hydrogen-bond donors (Lipinski definition) is 4. The number of allylic oxidation sites excluding steroid dienone is 5. The van der Waals surface area contributed by atoms with E-state index in [-0.39, 0.29) is 25.7 Å². The molecule has 0 rings (SSSR count). The van der Waals surface area contributed by atoms with Crippen LogP contribution in [0, 0.1) is 0 Å². The quantitative estimate of drug-likeness (QED) is 0.0277. The summed E-state index contributed by atoms with van der Waals surface area (Å²) in [6.45, 7) is 4.07. The second-order valence-corrected chi connectivity index (χ2v) is 16.4. The van der Waals surface area contributed by atoms with Crippen LogP contribution in [0.15, 0.2) is 36.5 Å². The second kappa shape index (κ2) is 40.4. The van der Waals surface area contributed by atoms with Crippen molar-refractivity contribution in [2.45, 2.75) is 219 Å². The van der Waals surface area contributed by atoms with Crippen molar-refractivity contribution >= 4 is 13.7 Å². The molecule has 0 saturated heterocycles. The smallest absolute Gasteiger partial charge is 0.387 e. The average molecular weight is 769 g/mol. The number of aliphatic hydroxyl groups is 1. The molecule has 8 nitrogen and oxygen atoms in total. The molecule has 0 spiro atoms.